The normalized spacial score (nSPS) is 21.4. The van der Waals surface area contributed by atoms with Gasteiger partial charge in [0.25, 0.3) is 0 Å². The summed E-state index contributed by atoms with van der Waals surface area (Å²) in [4.78, 5) is 2.45. The minimum atomic E-state index is 0.428. The zero-order valence-corrected chi connectivity index (χ0v) is 12.4. The number of piperidine rings is 1. The maximum atomic E-state index is 5.31. The van der Waals surface area contributed by atoms with E-state index in [-0.39, 0.29) is 0 Å². The van der Waals surface area contributed by atoms with Gasteiger partial charge >= 0.3 is 0 Å². The van der Waals surface area contributed by atoms with Crippen molar-refractivity contribution in [3.63, 3.8) is 0 Å². The van der Waals surface area contributed by atoms with Crippen LogP contribution in [0.1, 0.15) is 31.4 Å². The smallest absolute Gasteiger partial charge is 0.119 e. The second-order valence-electron chi connectivity index (χ2n) is 5.60. The zero-order chi connectivity index (χ0) is 13.7. The van der Waals surface area contributed by atoms with Crippen LogP contribution < -0.4 is 10.1 Å². The number of hydrogen-bond acceptors (Lipinski definition) is 3. The van der Waals surface area contributed by atoms with Gasteiger partial charge in [0.1, 0.15) is 5.75 Å². The van der Waals surface area contributed by atoms with E-state index in [0.717, 1.165) is 24.8 Å². The Labute approximate surface area is 116 Å². The molecular weight excluding hydrogens is 236 g/mol. The Morgan fingerprint density at radius 2 is 2.32 bits per heavy atom. The van der Waals surface area contributed by atoms with Crippen LogP contribution in [0.15, 0.2) is 24.3 Å². The number of hydrogen-bond donors (Lipinski definition) is 1. The van der Waals surface area contributed by atoms with Gasteiger partial charge in [-0.1, -0.05) is 12.1 Å². The lowest BCUT2D eigenvalue weighted by Gasteiger charge is -2.31. The first-order valence-corrected chi connectivity index (χ1v) is 7.25. The molecule has 2 rings (SSSR count). The van der Waals surface area contributed by atoms with E-state index in [1.54, 1.807) is 7.11 Å². The Morgan fingerprint density at radius 3 is 3.00 bits per heavy atom. The summed E-state index contributed by atoms with van der Waals surface area (Å²) in [6.07, 6.45) is 2.66. The molecule has 1 aliphatic rings. The lowest BCUT2D eigenvalue weighted by molar-refractivity contribution is 0.199. The van der Waals surface area contributed by atoms with Gasteiger partial charge in [0, 0.05) is 12.6 Å². The lowest BCUT2D eigenvalue weighted by Crippen LogP contribution is -2.37. The second kappa shape index (κ2) is 6.92. The summed E-state index contributed by atoms with van der Waals surface area (Å²) >= 11 is 0. The average molecular weight is 262 g/mol. The molecule has 2 unspecified atom stereocenters. The highest BCUT2D eigenvalue weighted by atomic mass is 16.5. The Hall–Kier alpha value is -1.06. The van der Waals surface area contributed by atoms with Gasteiger partial charge in [-0.25, -0.2) is 0 Å². The standard InChI is InChI=1S/C16H26N2O/c1-13(15-7-4-8-16(10-15)19-3)18(2)12-14-6-5-9-17-11-14/h4,7-8,10,13-14,17H,5-6,9,11-12H2,1-3H3. The number of methoxy groups -OCH3 is 1. The summed E-state index contributed by atoms with van der Waals surface area (Å²) in [5, 5.41) is 3.49. The van der Waals surface area contributed by atoms with Crippen molar-refractivity contribution in [1.82, 2.24) is 10.2 Å². The van der Waals surface area contributed by atoms with E-state index < -0.39 is 0 Å². The third-order valence-electron chi connectivity index (χ3n) is 4.18. The highest BCUT2D eigenvalue weighted by molar-refractivity contribution is 5.30. The van der Waals surface area contributed by atoms with Crippen molar-refractivity contribution in [2.24, 2.45) is 5.92 Å². The van der Waals surface area contributed by atoms with Gasteiger partial charge in [-0.15, -0.1) is 0 Å². The van der Waals surface area contributed by atoms with Crippen molar-refractivity contribution in [2.75, 3.05) is 33.8 Å². The highest BCUT2D eigenvalue weighted by Gasteiger charge is 2.19. The summed E-state index contributed by atoms with van der Waals surface area (Å²) in [6, 6.07) is 8.82. The molecule has 0 aliphatic carbocycles. The Balaban J connectivity index is 1.95. The summed E-state index contributed by atoms with van der Waals surface area (Å²) < 4.78 is 5.31. The molecule has 106 valence electrons. The molecular formula is C16H26N2O. The van der Waals surface area contributed by atoms with Crippen LogP contribution in [0.3, 0.4) is 0 Å². The highest BCUT2D eigenvalue weighted by Crippen LogP contribution is 2.24. The minimum absolute atomic E-state index is 0.428. The predicted octanol–water partition coefficient (Wildman–Crippen LogP) is 2.69. The van der Waals surface area contributed by atoms with E-state index in [0.29, 0.717) is 6.04 Å². The van der Waals surface area contributed by atoms with Crippen LogP contribution in [0.2, 0.25) is 0 Å². The van der Waals surface area contributed by atoms with Crippen molar-refractivity contribution in [1.29, 1.82) is 0 Å². The van der Waals surface area contributed by atoms with Crippen molar-refractivity contribution >= 4 is 0 Å². The Morgan fingerprint density at radius 1 is 1.47 bits per heavy atom. The van der Waals surface area contributed by atoms with E-state index in [9.17, 15) is 0 Å². The summed E-state index contributed by atoms with van der Waals surface area (Å²) in [5.41, 5.74) is 1.32. The lowest BCUT2D eigenvalue weighted by atomic mass is 9.98. The third kappa shape index (κ3) is 3.95. The van der Waals surface area contributed by atoms with Crippen LogP contribution in [-0.2, 0) is 0 Å². The Bertz CT molecular complexity index is 388. The first-order valence-electron chi connectivity index (χ1n) is 7.25. The second-order valence-corrected chi connectivity index (χ2v) is 5.60. The first kappa shape index (κ1) is 14.4. The van der Waals surface area contributed by atoms with Gasteiger partial charge in [-0.3, -0.25) is 4.90 Å². The summed E-state index contributed by atoms with van der Waals surface area (Å²) in [7, 11) is 3.94. The number of nitrogens with zero attached hydrogens (tertiary/aromatic N) is 1. The molecule has 3 heteroatoms. The van der Waals surface area contributed by atoms with Crippen LogP contribution in [0.5, 0.6) is 5.75 Å². The maximum absolute atomic E-state index is 5.31. The molecule has 0 aromatic heterocycles. The maximum Gasteiger partial charge on any atom is 0.119 e. The number of nitrogens with one attached hydrogen (secondary N) is 1. The van der Waals surface area contributed by atoms with Gasteiger partial charge in [0.15, 0.2) is 0 Å². The molecule has 1 heterocycles. The average Bonchev–Trinajstić information content (AvgIpc) is 2.47. The van der Waals surface area contributed by atoms with E-state index >= 15 is 0 Å². The van der Waals surface area contributed by atoms with Crippen LogP contribution in [0, 0.1) is 5.92 Å². The number of ether oxygens (including phenoxy) is 1. The number of rotatable bonds is 5. The van der Waals surface area contributed by atoms with Crippen molar-refractivity contribution in [2.45, 2.75) is 25.8 Å². The van der Waals surface area contributed by atoms with Crippen molar-refractivity contribution < 1.29 is 4.74 Å². The van der Waals surface area contributed by atoms with E-state index in [4.69, 9.17) is 4.74 Å². The zero-order valence-electron chi connectivity index (χ0n) is 12.4. The molecule has 2 atom stereocenters. The summed E-state index contributed by atoms with van der Waals surface area (Å²) in [6.45, 7) is 5.78. The molecule has 0 radical (unpaired) electrons. The van der Waals surface area contributed by atoms with Crippen LogP contribution >= 0.6 is 0 Å². The van der Waals surface area contributed by atoms with Gasteiger partial charge in [-0.05, 0) is 63.5 Å². The van der Waals surface area contributed by atoms with Gasteiger partial charge in [0.2, 0.25) is 0 Å². The fourth-order valence-corrected chi connectivity index (χ4v) is 2.80. The molecule has 1 aliphatic heterocycles. The van der Waals surface area contributed by atoms with Gasteiger partial charge in [0.05, 0.1) is 7.11 Å². The fraction of sp³-hybridized carbons (Fsp3) is 0.625. The van der Waals surface area contributed by atoms with E-state index in [2.05, 4.69) is 42.4 Å². The molecule has 1 aromatic carbocycles. The van der Waals surface area contributed by atoms with Crippen LogP contribution in [-0.4, -0.2) is 38.7 Å². The van der Waals surface area contributed by atoms with Gasteiger partial charge < -0.3 is 10.1 Å². The van der Waals surface area contributed by atoms with Gasteiger partial charge in [-0.2, -0.15) is 0 Å². The van der Waals surface area contributed by atoms with Crippen LogP contribution in [0.25, 0.3) is 0 Å². The topological polar surface area (TPSA) is 24.5 Å². The molecule has 0 spiro atoms. The molecule has 19 heavy (non-hydrogen) atoms. The molecule has 0 bridgehead atoms. The summed E-state index contributed by atoms with van der Waals surface area (Å²) in [5.74, 6) is 1.73. The minimum Gasteiger partial charge on any atom is -0.497 e. The fourth-order valence-electron chi connectivity index (χ4n) is 2.80. The SMILES string of the molecule is COc1cccc(C(C)N(C)CC2CCCNC2)c1. The molecule has 0 amide bonds. The molecule has 3 nitrogen and oxygen atoms in total. The molecule has 1 N–H and O–H groups in total. The molecule has 1 saturated heterocycles. The van der Waals surface area contributed by atoms with Crippen LogP contribution in [0.4, 0.5) is 0 Å². The molecule has 1 aromatic rings. The largest absolute Gasteiger partial charge is 0.497 e. The Kier molecular flexibility index (Phi) is 5.23. The van der Waals surface area contributed by atoms with Crippen molar-refractivity contribution in [3.05, 3.63) is 29.8 Å². The quantitative estimate of drug-likeness (QED) is 0.883. The molecule has 1 fully saturated rings. The van der Waals surface area contributed by atoms with E-state index in [1.165, 1.54) is 24.9 Å². The number of benzene rings is 1. The third-order valence-corrected chi connectivity index (χ3v) is 4.18. The first-order chi connectivity index (χ1) is 9.20. The monoisotopic (exact) mass is 262 g/mol. The van der Waals surface area contributed by atoms with Crippen molar-refractivity contribution in [3.8, 4) is 5.75 Å². The molecule has 0 saturated carbocycles. The predicted molar refractivity (Wildman–Crippen MR) is 79.6 cm³/mol. The van der Waals surface area contributed by atoms with E-state index in [1.807, 2.05) is 6.07 Å².